The van der Waals surface area contributed by atoms with E-state index in [-0.39, 0.29) is 29.9 Å². The van der Waals surface area contributed by atoms with Gasteiger partial charge in [0.2, 0.25) is 5.91 Å². The van der Waals surface area contributed by atoms with Gasteiger partial charge in [0, 0.05) is 40.5 Å². The van der Waals surface area contributed by atoms with Crippen LogP contribution in [0.3, 0.4) is 0 Å². The number of methoxy groups -OCH3 is 2. The number of ether oxygens (including phenoxy) is 2. The molecule has 6 nitrogen and oxygen atoms in total. The van der Waals surface area contributed by atoms with E-state index in [0.717, 1.165) is 12.8 Å². The van der Waals surface area contributed by atoms with Crippen LogP contribution in [0.2, 0.25) is 0 Å². The van der Waals surface area contributed by atoms with Gasteiger partial charge in [-0.1, -0.05) is 0 Å². The molecule has 184 valence electrons. The van der Waals surface area contributed by atoms with Crippen LogP contribution in [0.15, 0.2) is 36.4 Å². The van der Waals surface area contributed by atoms with Crippen LogP contribution >= 0.6 is 0 Å². The first kappa shape index (κ1) is 25.6. The molecule has 1 aliphatic carbocycles. The molecular weight excluding hydrogens is 435 g/mol. The number of allylic oxidation sites excluding steroid dienone is 1. The molecular formula is C27H35FN2O4. The minimum Gasteiger partial charge on any atom is -0.496 e. The number of anilines is 1. The van der Waals surface area contributed by atoms with Crippen molar-refractivity contribution in [3.8, 4) is 22.6 Å². The molecule has 2 aromatic rings. The van der Waals surface area contributed by atoms with E-state index >= 15 is 0 Å². The Balaban J connectivity index is 1.88. The predicted molar refractivity (Wildman–Crippen MR) is 134 cm³/mol. The van der Waals surface area contributed by atoms with E-state index in [0.29, 0.717) is 52.3 Å². The Morgan fingerprint density at radius 2 is 1.74 bits per heavy atom. The number of nitrogens with one attached hydrogen (secondary N) is 2. The van der Waals surface area contributed by atoms with Gasteiger partial charge < -0.3 is 25.2 Å². The molecule has 0 atom stereocenters. The van der Waals surface area contributed by atoms with Crippen LogP contribution < -0.4 is 20.1 Å². The molecule has 0 radical (unpaired) electrons. The average molecular weight is 471 g/mol. The van der Waals surface area contributed by atoms with Crippen molar-refractivity contribution in [1.29, 1.82) is 0 Å². The lowest BCUT2D eigenvalue weighted by Crippen LogP contribution is -2.37. The number of halogens is 1. The summed E-state index contributed by atoms with van der Waals surface area (Å²) in [6, 6.07) is 8.77. The molecule has 2 aromatic carbocycles. The highest BCUT2D eigenvalue weighted by atomic mass is 19.1. The number of carbonyl (C=O) groups excluding carboxylic acids is 1. The third-order valence-electron chi connectivity index (χ3n) is 6.05. The van der Waals surface area contributed by atoms with Crippen molar-refractivity contribution in [2.45, 2.75) is 64.6 Å². The van der Waals surface area contributed by atoms with Gasteiger partial charge in [0.1, 0.15) is 17.3 Å². The highest BCUT2D eigenvalue weighted by Gasteiger charge is 2.21. The van der Waals surface area contributed by atoms with E-state index in [1.807, 2.05) is 26.8 Å². The molecule has 7 heteroatoms. The van der Waals surface area contributed by atoms with Gasteiger partial charge in [-0.15, -0.1) is 0 Å². The molecule has 0 bridgehead atoms. The molecule has 3 N–H and O–H groups in total. The maximum Gasteiger partial charge on any atom is 0.244 e. The first-order chi connectivity index (χ1) is 16.2. The van der Waals surface area contributed by atoms with E-state index in [9.17, 15) is 14.3 Å². The van der Waals surface area contributed by atoms with Crippen LogP contribution in [0, 0.1) is 5.82 Å². The number of hydrogen-bond acceptors (Lipinski definition) is 5. The van der Waals surface area contributed by atoms with Gasteiger partial charge in [-0.05, 0) is 82.4 Å². The zero-order valence-corrected chi connectivity index (χ0v) is 20.6. The summed E-state index contributed by atoms with van der Waals surface area (Å²) in [6.45, 7) is 5.82. The number of rotatable bonds is 8. The Hall–Kier alpha value is -3.06. The number of benzene rings is 2. The normalized spacial score (nSPS) is 18.5. The number of carbonyl (C=O) groups is 1. The van der Waals surface area contributed by atoms with Crippen molar-refractivity contribution in [3.05, 3.63) is 47.8 Å². The van der Waals surface area contributed by atoms with E-state index in [2.05, 4.69) is 10.6 Å². The summed E-state index contributed by atoms with van der Waals surface area (Å²) in [4.78, 5) is 12.6. The zero-order chi connectivity index (χ0) is 24.8. The SMILES string of the molecule is COc1cc(-c2ccc(NC(C)C)cc2F)c(OC)cc1/C(C)=C/C(=O)N[C@H]1CC[C@H](O)CC1. The third kappa shape index (κ3) is 6.29. The van der Waals surface area contributed by atoms with E-state index in [4.69, 9.17) is 9.47 Å². The van der Waals surface area contributed by atoms with Crippen LogP contribution in [-0.4, -0.2) is 43.4 Å². The quantitative estimate of drug-likeness (QED) is 0.465. The molecule has 0 heterocycles. The Morgan fingerprint density at radius 3 is 2.32 bits per heavy atom. The highest BCUT2D eigenvalue weighted by molar-refractivity contribution is 5.96. The molecule has 0 saturated heterocycles. The summed E-state index contributed by atoms with van der Waals surface area (Å²) in [5, 5.41) is 15.9. The predicted octanol–water partition coefficient (Wildman–Crippen LogP) is 5.15. The van der Waals surface area contributed by atoms with Crippen LogP contribution in [0.25, 0.3) is 16.7 Å². The molecule has 0 unspecified atom stereocenters. The van der Waals surface area contributed by atoms with Gasteiger partial charge in [-0.2, -0.15) is 0 Å². The van der Waals surface area contributed by atoms with E-state index in [1.165, 1.54) is 19.3 Å². The molecule has 34 heavy (non-hydrogen) atoms. The van der Waals surface area contributed by atoms with Crippen molar-refractivity contribution in [1.82, 2.24) is 5.32 Å². The summed E-state index contributed by atoms with van der Waals surface area (Å²) in [5.41, 5.74) is 3.06. The largest absolute Gasteiger partial charge is 0.496 e. The minimum absolute atomic E-state index is 0.0647. The fraction of sp³-hybridized carbons (Fsp3) is 0.444. The molecule has 3 rings (SSSR count). The van der Waals surface area contributed by atoms with E-state index in [1.54, 1.807) is 25.3 Å². The van der Waals surface area contributed by atoms with Crippen molar-refractivity contribution in [2.24, 2.45) is 0 Å². The van der Waals surface area contributed by atoms with Gasteiger partial charge >= 0.3 is 0 Å². The average Bonchev–Trinajstić information content (AvgIpc) is 2.79. The maximum atomic E-state index is 15.0. The van der Waals surface area contributed by atoms with Crippen LogP contribution in [0.5, 0.6) is 11.5 Å². The van der Waals surface area contributed by atoms with E-state index < -0.39 is 0 Å². The molecule has 0 aromatic heterocycles. The summed E-state index contributed by atoms with van der Waals surface area (Å²) in [7, 11) is 3.08. The summed E-state index contributed by atoms with van der Waals surface area (Å²) in [6.07, 6.45) is 4.20. The summed E-state index contributed by atoms with van der Waals surface area (Å²) < 4.78 is 26.2. The van der Waals surface area contributed by atoms with Crippen molar-refractivity contribution < 1.29 is 23.8 Å². The number of amides is 1. The monoisotopic (exact) mass is 470 g/mol. The third-order valence-corrected chi connectivity index (χ3v) is 6.05. The fourth-order valence-electron chi connectivity index (χ4n) is 4.31. The fourth-order valence-corrected chi connectivity index (χ4v) is 4.31. The van der Waals surface area contributed by atoms with Gasteiger partial charge in [-0.25, -0.2) is 4.39 Å². The minimum atomic E-state index is -0.372. The number of aliphatic hydroxyl groups is 1. The molecule has 1 fully saturated rings. The Kier molecular flexibility index (Phi) is 8.56. The second-order valence-electron chi connectivity index (χ2n) is 9.09. The van der Waals surface area contributed by atoms with Gasteiger partial charge in [0.05, 0.1) is 20.3 Å². The topological polar surface area (TPSA) is 79.8 Å². The second kappa shape index (κ2) is 11.4. The first-order valence-corrected chi connectivity index (χ1v) is 11.7. The van der Waals surface area contributed by atoms with Crippen LogP contribution in [-0.2, 0) is 4.79 Å². The summed E-state index contributed by atoms with van der Waals surface area (Å²) >= 11 is 0. The lowest BCUT2D eigenvalue weighted by molar-refractivity contribution is -0.117. The number of hydrogen-bond donors (Lipinski definition) is 3. The Labute approximate surface area is 201 Å². The molecule has 1 aliphatic rings. The summed E-state index contributed by atoms with van der Waals surface area (Å²) in [5.74, 6) is 0.432. The molecule has 0 spiro atoms. The van der Waals surface area contributed by atoms with Gasteiger partial charge in [0.25, 0.3) is 0 Å². The van der Waals surface area contributed by atoms with Gasteiger partial charge in [0.15, 0.2) is 0 Å². The smallest absolute Gasteiger partial charge is 0.244 e. The van der Waals surface area contributed by atoms with Crippen molar-refractivity contribution in [2.75, 3.05) is 19.5 Å². The first-order valence-electron chi connectivity index (χ1n) is 11.7. The lowest BCUT2D eigenvalue weighted by atomic mass is 9.93. The standard InChI is InChI=1S/C27H35FN2O4/c1-16(2)29-19-8-11-21(24(28)13-19)23-15-25(33-4)22(14-26(23)34-5)17(3)12-27(32)30-18-6-9-20(31)10-7-18/h8,11-16,18,20,29,31H,6-7,9-10H2,1-5H3,(H,30,32)/b17-12+/t18-,20-. The van der Waals surface area contributed by atoms with Crippen molar-refractivity contribution >= 4 is 17.2 Å². The molecule has 1 amide bonds. The van der Waals surface area contributed by atoms with Crippen molar-refractivity contribution in [3.63, 3.8) is 0 Å². The second-order valence-corrected chi connectivity index (χ2v) is 9.09. The Morgan fingerprint density at radius 1 is 1.06 bits per heavy atom. The Bertz CT molecular complexity index is 1040. The zero-order valence-electron chi connectivity index (χ0n) is 20.6. The van der Waals surface area contributed by atoms with Crippen LogP contribution in [0.4, 0.5) is 10.1 Å². The molecule has 1 saturated carbocycles. The van der Waals surface area contributed by atoms with Gasteiger partial charge in [-0.3, -0.25) is 4.79 Å². The van der Waals surface area contributed by atoms with Crippen LogP contribution in [0.1, 0.15) is 52.0 Å². The maximum absolute atomic E-state index is 15.0. The molecule has 0 aliphatic heterocycles. The highest BCUT2D eigenvalue weighted by Crippen LogP contribution is 2.40. The number of aliphatic hydroxyl groups excluding tert-OH is 1. The lowest BCUT2D eigenvalue weighted by Gasteiger charge is -2.25.